The number of fused-ring (bicyclic) bond motifs is 1. The second kappa shape index (κ2) is 8.48. The van der Waals surface area contributed by atoms with Crippen LogP contribution in [0.5, 0.6) is 11.5 Å². The highest BCUT2D eigenvalue weighted by molar-refractivity contribution is 5.79. The molecule has 0 saturated carbocycles. The Morgan fingerprint density at radius 2 is 1.87 bits per heavy atom. The van der Waals surface area contributed by atoms with E-state index in [0.29, 0.717) is 23.0 Å². The maximum absolute atomic E-state index is 12.1. The number of carbonyl (C=O) groups excluding carboxylic acids is 1. The SMILES string of the molecule is COc1ccc(-c2n[nH]c(CNC(=O)COc3ccc4ccc(=O)oc4c3)n2)cc1. The van der Waals surface area contributed by atoms with Crippen LogP contribution in [0.2, 0.25) is 0 Å². The molecule has 0 atom stereocenters. The number of nitrogens with one attached hydrogen (secondary N) is 2. The molecule has 0 unspecified atom stereocenters. The fourth-order valence-corrected chi connectivity index (χ4v) is 2.76. The molecule has 2 N–H and O–H groups in total. The van der Waals surface area contributed by atoms with Crippen molar-refractivity contribution in [3.8, 4) is 22.9 Å². The van der Waals surface area contributed by atoms with E-state index in [0.717, 1.165) is 16.7 Å². The van der Waals surface area contributed by atoms with Crippen LogP contribution in [0.3, 0.4) is 0 Å². The second-order valence-corrected chi connectivity index (χ2v) is 6.35. The Labute approximate surface area is 170 Å². The number of aromatic amines is 1. The normalized spacial score (nSPS) is 10.7. The average molecular weight is 406 g/mol. The van der Waals surface area contributed by atoms with Crippen molar-refractivity contribution in [2.45, 2.75) is 6.54 Å². The molecule has 4 rings (SSSR count). The van der Waals surface area contributed by atoms with E-state index in [2.05, 4.69) is 20.5 Å². The van der Waals surface area contributed by atoms with Crippen LogP contribution in [0.25, 0.3) is 22.4 Å². The minimum absolute atomic E-state index is 0.179. The van der Waals surface area contributed by atoms with Gasteiger partial charge < -0.3 is 19.2 Å². The summed E-state index contributed by atoms with van der Waals surface area (Å²) in [7, 11) is 1.60. The summed E-state index contributed by atoms with van der Waals surface area (Å²) in [6, 6.07) is 15.4. The summed E-state index contributed by atoms with van der Waals surface area (Å²) >= 11 is 0. The number of hydrogen-bond acceptors (Lipinski definition) is 7. The highest BCUT2D eigenvalue weighted by Crippen LogP contribution is 2.20. The van der Waals surface area contributed by atoms with Crippen LogP contribution in [0, 0.1) is 0 Å². The third-order valence-electron chi connectivity index (χ3n) is 4.30. The Morgan fingerprint density at radius 1 is 1.10 bits per heavy atom. The zero-order chi connectivity index (χ0) is 20.9. The maximum atomic E-state index is 12.1. The first-order valence-electron chi connectivity index (χ1n) is 9.10. The van der Waals surface area contributed by atoms with Crippen LogP contribution in [-0.2, 0) is 11.3 Å². The third kappa shape index (κ3) is 4.46. The zero-order valence-corrected chi connectivity index (χ0v) is 16.0. The van der Waals surface area contributed by atoms with Gasteiger partial charge in [0.05, 0.1) is 13.7 Å². The standard InChI is InChI=1S/C21H18N4O5/c1-28-15-6-3-14(4-7-15)21-23-18(24-25-21)11-22-19(26)12-29-16-8-2-13-5-9-20(27)30-17(13)10-16/h2-10H,11-12H2,1H3,(H,22,26)(H,23,24,25). The van der Waals surface area contributed by atoms with Gasteiger partial charge in [-0.25, -0.2) is 9.78 Å². The molecule has 0 bridgehead atoms. The number of carbonyl (C=O) groups is 1. The third-order valence-corrected chi connectivity index (χ3v) is 4.30. The van der Waals surface area contributed by atoms with E-state index in [1.165, 1.54) is 6.07 Å². The summed E-state index contributed by atoms with van der Waals surface area (Å²) in [6.45, 7) is -0.0139. The molecule has 4 aromatic rings. The second-order valence-electron chi connectivity index (χ2n) is 6.35. The fraction of sp³-hybridized carbons (Fsp3) is 0.143. The topological polar surface area (TPSA) is 119 Å². The van der Waals surface area contributed by atoms with Crippen LogP contribution < -0.4 is 20.4 Å². The maximum Gasteiger partial charge on any atom is 0.336 e. The Kier molecular flexibility index (Phi) is 5.42. The molecule has 9 heteroatoms. The van der Waals surface area contributed by atoms with Gasteiger partial charge >= 0.3 is 5.63 Å². The molecule has 0 radical (unpaired) electrons. The smallest absolute Gasteiger partial charge is 0.336 e. The van der Waals surface area contributed by atoms with Gasteiger partial charge in [-0.2, -0.15) is 5.10 Å². The highest BCUT2D eigenvalue weighted by atomic mass is 16.5. The van der Waals surface area contributed by atoms with Crippen molar-refractivity contribution >= 4 is 16.9 Å². The predicted octanol–water partition coefficient (Wildman–Crippen LogP) is 2.28. The minimum atomic E-state index is -0.446. The van der Waals surface area contributed by atoms with E-state index < -0.39 is 5.63 Å². The van der Waals surface area contributed by atoms with Gasteiger partial charge in [0.25, 0.3) is 5.91 Å². The van der Waals surface area contributed by atoms with E-state index >= 15 is 0 Å². The van der Waals surface area contributed by atoms with Crippen LogP contribution in [0.4, 0.5) is 0 Å². The number of aromatic nitrogens is 3. The summed E-state index contributed by atoms with van der Waals surface area (Å²) in [5, 5.41) is 10.4. The Balaban J connectivity index is 1.30. The first-order chi connectivity index (χ1) is 14.6. The number of methoxy groups -OCH3 is 1. The molecule has 0 aliphatic carbocycles. The van der Waals surface area contributed by atoms with E-state index in [1.807, 2.05) is 24.3 Å². The van der Waals surface area contributed by atoms with Crippen LogP contribution in [0.15, 0.2) is 63.8 Å². The average Bonchev–Trinajstić information content (AvgIpc) is 3.25. The first kappa shape index (κ1) is 19.2. The number of ether oxygens (including phenoxy) is 2. The van der Waals surface area contributed by atoms with Gasteiger partial charge in [-0.1, -0.05) is 0 Å². The molecule has 9 nitrogen and oxygen atoms in total. The molecule has 0 aliphatic rings. The quantitative estimate of drug-likeness (QED) is 0.452. The number of nitrogens with zero attached hydrogens (tertiary/aromatic N) is 2. The number of rotatable bonds is 7. The summed E-state index contributed by atoms with van der Waals surface area (Å²) in [6.07, 6.45) is 0. The molecule has 152 valence electrons. The molecule has 2 aromatic heterocycles. The van der Waals surface area contributed by atoms with Crippen molar-refractivity contribution in [1.82, 2.24) is 20.5 Å². The van der Waals surface area contributed by atoms with Crippen molar-refractivity contribution in [3.05, 3.63) is 70.8 Å². The summed E-state index contributed by atoms with van der Waals surface area (Å²) < 4.78 is 15.7. The molecule has 0 saturated heterocycles. The first-order valence-corrected chi connectivity index (χ1v) is 9.10. The van der Waals surface area contributed by atoms with Gasteiger partial charge in [0, 0.05) is 23.1 Å². The molecular weight excluding hydrogens is 388 g/mol. The van der Waals surface area contributed by atoms with Gasteiger partial charge in [0.1, 0.15) is 22.9 Å². The van der Waals surface area contributed by atoms with Gasteiger partial charge in [-0.05, 0) is 42.5 Å². The zero-order valence-electron chi connectivity index (χ0n) is 16.0. The minimum Gasteiger partial charge on any atom is -0.497 e. The van der Waals surface area contributed by atoms with Gasteiger partial charge in [0.2, 0.25) is 0 Å². The van der Waals surface area contributed by atoms with Crippen molar-refractivity contribution in [2.24, 2.45) is 0 Å². The number of H-pyrrole nitrogens is 1. The molecule has 2 aromatic carbocycles. The Hall–Kier alpha value is -4.14. The lowest BCUT2D eigenvalue weighted by molar-refractivity contribution is -0.123. The monoisotopic (exact) mass is 406 g/mol. The molecule has 0 fully saturated rings. The fourth-order valence-electron chi connectivity index (χ4n) is 2.76. The molecule has 30 heavy (non-hydrogen) atoms. The molecule has 1 amide bonds. The molecular formula is C21H18N4O5. The van der Waals surface area contributed by atoms with Crippen molar-refractivity contribution in [1.29, 1.82) is 0 Å². The Bertz CT molecular complexity index is 1230. The van der Waals surface area contributed by atoms with Crippen molar-refractivity contribution in [2.75, 3.05) is 13.7 Å². The number of hydrogen-bond donors (Lipinski definition) is 2. The number of benzene rings is 2. The van der Waals surface area contributed by atoms with Gasteiger partial charge in [0.15, 0.2) is 12.4 Å². The highest BCUT2D eigenvalue weighted by Gasteiger charge is 2.09. The summed E-state index contributed by atoms with van der Waals surface area (Å²) in [5.74, 6) is 1.88. The van der Waals surface area contributed by atoms with Crippen molar-refractivity contribution in [3.63, 3.8) is 0 Å². The van der Waals surface area contributed by atoms with E-state index in [9.17, 15) is 9.59 Å². The lowest BCUT2D eigenvalue weighted by Crippen LogP contribution is -2.28. The summed E-state index contributed by atoms with van der Waals surface area (Å²) in [4.78, 5) is 27.7. The van der Waals surface area contributed by atoms with Crippen LogP contribution in [0.1, 0.15) is 5.82 Å². The lowest BCUT2D eigenvalue weighted by Gasteiger charge is -2.07. The number of amides is 1. The van der Waals surface area contributed by atoms with Crippen LogP contribution in [-0.4, -0.2) is 34.8 Å². The van der Waals surface area contributed by atoms with Crippen LogP contribution >= 0.6 is 0 Å². The largest absolute Gasteiger partial charge is 0.497 e. The molecule has 2 heterocycles. The van der Waals surface area contributed by atoms with Gasteiger partial charge in [-0.15, -0.1) is 0 Å². The predicted molar refractivity (Wildman–Crippen MR) is 108 cm³/mol. The van der Waals surface area contributed by atoms with Crippen molar-refractivity contribution < 1.29 is 18.7 Å². The van der Waals surface area contributed by atoms with Gasteiger partial charge in [-0.3, -0.25) is 9.89 Å². The molecule has 0 aliphatic heterocycles. The van der Waals surface area contributed by atoms with E-state index in [4.69, 9.17) is 13.9 Å². The molecule has 0 spiro atoms. The Morgan fingerprint density at radius 3 is 2.67 bits per heavy atom. The van der Waals surface area contributed by atoms with E-state index in [-0.39, 0.29) is 19.1 Å². The summed E-state index contributed by atoms with van der Waals surface area (Å²) in [5.41, 5.74) is 0.780. The van der Waals surface area contributed by atoms with E-state index in [1.54, 1.807) is 31.4 Å². The lowest BCUT2D eigenvalue weighted by atomic mass is 10.2.